The van der Waals surface area contributed by atoms with E-state index in [9.17, 15) is 9.59 Å². The third-order valence-electron chi connectivity index (χ3n) is 4.41. The Morgan fingerprint density at radius 2 is 2.18 bits per heavy atom. The molecule has 0 spiro atoms. The number of thiophene rings is 1. The molecule has 3 heterocycles. The molecule has 1 aliphatic rings. The number of nitrogens with one attached hydrogen (secondary N) is 1. The fraction of sp³-hybridized carbons (Fsp3) is 0.550. The molecule has 0 aliphatic carbocycles. The van der Waals surface area contributed by atoms with Crippen molar-refractivity contribution in [1.29, 1.82) is 0 Å². The van der Waals surface area contributed by atoms with E-state index < -0.39 is 0 Å². The Labute approximate surface area is 169 Å². The van der Waals surface area contributed by atoms with Crippen LogP contribution in [0.5, 0.6) is 0 Å². The number of aromatic nitrogens is 1. The highest BCUT2D eigenvalue weighted by molar-refractivity contribution is 7.20. The summed E-state index contributed by atoms with van der Waals surface area (Å²) < 4.78 is 11.5. The highest BCUT2D eigenvalue weighted by atomic mass is 32.1. The monoisotopic (exact) mass is 405 g/mol. The zero-order chi connectivity index (χ0) is 20.3. The van der Waals surface area contributed by atoms with Crippen LogP contribution in [0.15, 0.2) is 18.3 Å². The number of hydrogen-bond donors (Lipinski definition) is 1. The number of rotatable bonds is 6. The molecule has 1 fully saturated rings. The van der Waals surface area contributed by atoms with Crippen LogP contribution in [-0.4, -0.2) is 60.1 Å². The van der Waals surface area contributed by atoms with E-state index >= 15 is 0 Å². The largest absolute Gasteiger partial charge is 0.370 e. The van der Waals surface area contributed by atoms with Crippen molar-refractivity contribution >= 4 is 33.4 Å². The molecule has 0 saturated carbocycles. The van der Waals surface area contributed by atoms with Crippen molar-refractivity contribution in [3.05, 3.63) is 28.8 Å². The molecule has 1 aliphatic heterocycles. The summed E-state index contributed by atoms with van der Waals surface area (Å²) in [6, 6.07) is 3.83. The third-order valence-corrected chi connectivity index (χ3v) is 5.54. The van der Waals surface area contributed by atoms with Gasteiger partial charge in [-0.25, -0.2) is 4.98 Å². The number of morpholine rings is 1. The van der Waals surface area contributed by atoms with Gasteiger partial charge in [-0.3, -0.25) is 9.59 Å². The van der Waals surface area contributed by atoms with E-state index in [4.69, 9.17) is 9.47 Å². The molecular weight excluding hydrogens is 378 g/mol. The minimum atomic E-state index is -0.373. The first-order chi connectivity index (χ1) is 13.4. The lowest BCUT2D eigenvalue weighted by Crippen LogP contribution is -2.44. The normalized spacial score (nSPS) is 17.5. The molecule has 152 valence electrons. The van der Waals surface area contributed by atoms with Crippen LogP contribution in [0, 0.1) is 0 Å². The maximum atomic E-state index is 12.8. The van der Waals surface area contributed by atoms with Gasteiger partial charge in [0.15, 0.2) is 0 Å². The summed E-state index contributed by atoms with van der Waals surface area (Å²) in [6.45, 7) is 9.04. The van der Waals surface area contributed by atoms with Crippen molar-refractivity contribution < 1.29 is 19.1 Å². The molecule has 0 radical (unpaired) electrons. The Morgan fingerprint density at radius 3 is 2.89 bits per heavy atom. The standard InChI is InChI=1S/C20H27N3O4S/c1-12(2)22-19(25)18-17(14-6-5-7-21-20(14)28-18)15-10-23(8-9-26-15)16(24)11-27-13(3)4/h5-7,12-13,15H,8-11H2,1-4H3,(H,22,25)/t15-/m0/s1. The van der Waals surface area contributed by atoms with Gasteiger partial charge >= 0.3 is 0 Å². The number of hydrogen-bond acceptors (Lipinski definition) is 6. The van der Waals surface area contributed by atoms with Gasteiger partial charge in [0.1, 0.15) is 22.4 Å². The van der Waals surface area contributed by atoms with E-state index in [-0.39, 0.29) is 36.7 Å². The van der Waals surface area contributed by atoms with E-state index in [1.807, 2.05) is 39.8 Å². The molecule has 2 aromatic rings. The number of carbonyl (C=O) groups is 2. The predicted molar refractivity (Wildman–Crippen MR) is 109 cm³/mol. The number of ether oxygens (including phenoxy) is 2. The van der Waals surface area contributed by atoms with Crippen LogP contribution in [-0.2, 0) is 14.3 Å². The molecule has 0 aromatic carbocycles. The molecule has 8 heteroatoms. The SMILES string of the molecule is CC(C)NC(=O)c1sc2ncccc2c1[C@@H]1CN(C(=O)COC(C)C)CCO1. The molecule has 1 N–H and O–H groups in total. The molecule has 0 bridgehead atoms. The van der Waals surface area contributed by atoms with E-state index in [0.29, 0.717) is 24.6 Å². The van der Waals surface area contributed by atoms with Gasteiger partial charge in [0.2, 0.25) is 5.91 Å². The van der Waals surface area contributed by atoms with Gasteiger partial charge < -0.3 is 19.7 Å². The van der Waals surface area contributed by atoms with Crippen molar-refractivity contribution in [2.45, 2.75) is 45.9 Å². The molecule has 3 rings (SSSR count). The van der Waals surface area contributed by atoms with Crippen molar-refractivity contribution in [2.24, 2.45) is 0 Å². The number of carbonyl (C=O) groups excluding carboxylic acids is 2. The van der Waals surface area contributed by atoms with Crippen LogP contribution < -0.4 is 5.32 Å². The molecule has 2 aromatic heterocycles. The zero-order valence-corrected chi connectivity index (χ0v) is 17.5. The molecule has 2 amide bonds. The zero-order valence-electron chi connectivity index (χ0n) is 16.7. The smallest absolute Gasteiger partial charge is 0.262 e. The van der Waals surface area contributed by atoms with Gasteiger partial charge in [0, 0.05) is 29.7 Å². The Balaban J connectivity index is 1.89. The maximum absolute atomic E-state index is 12.8. The average Bonchev–Trinajstić information content (AvgIpc) is 3.05. The Morgan fingerprint density at radius 1 is 1.39 bits per heavy atom. The van der Waals surface area contributed by atoms with Crippen LogP contribution in [0.25, 0.3) is 10.2 Å². The number of amides is 2. The van der Waals surface area contributed by atoms with Crippen molar-refractivity contribution in [3.63, 3.8) is 0 Å². The average molecular weight is 406 g/mol. The van der Waals surface area contributed by atoms with Gasteiger partial charge in [-0.2, -0.15) is 0 Å². The van der Waals surface area contributed by atoms with E-state index in [0.717, 1.165) is 15.8 Å². The minimum Gasteiger partial charge on any atom is -0.370 e. The van der Waals surface area contributed by atoms with Gasteiger partial charge in [0.05, 0.1) is 19.3 Å². The second-order valence-corrected chi connectivity index (χ2v) is 8.39. The fourth-order valence-corrected chi connectivity index (χ4v) is 4.24. The second-order valence-electron chi connectivity index (χ2n) is 7.39. The second kappa shape index (κ2) is 8.98. The van der Waals surface area contributed by atoms with Gasteiger partial charge in [-0.1, -0.05) is 6.07 Å². The predicted octanol–water partition coefficient (Wildman–Crippen LogP) is 2.76. The number of pyridine rings is 1. The summed E-state index contributed by atoms with van der Waals surface area (Å²) in [5.74, 6) is -0.198. The summed E-state index contributed by atoms with van der Waals surface area (Å²) in [5, 5.41) is 3.86. The number of fused-ring (bicyclic) bond motifs is 1. The summed E-state index contributed by atoms with van der Waals surface area (Å²) >= 11 is 1.36. The lowest BCUT2D eigenvalue weighted by Gasteiger charge is -2.33. The Bertz CT molecular complexity index is 849. The molecule has 28 heavy (non-hydrogen) atoms. The lowest BCUT2D eigenvalue weighted by atomic mass is 10.0. The van der Waals surface area contributed by atoms with E-state index in [1.165, 1.54) is 11.3 Å². The van der Waals surface area contributed by atoms with E-state index in [2.05, 4.69) is 10.3 Å². The topological polar surface area (TPSA) is 80.8 Å². The quantitative estimate of drug-likeness (QED) is 0.799. The van der Waals surface area contributed by atoms with Gasteiger partial charge in [-0.15, -0.1) is 11.3 Å². The molecule has 1 atom stereocenters. The minimum absolute atomic E-state index is 0.000916. The Hall–Kier alpha value is -2.03. The first kappa shape index (κ1) is 20.7. The van der Waals surface area contributed by atoms with E-state index in [1.54, 1.807) is 11.1 Å². The van der Waals surface area contributed by atoms with Crippen LogP contribution in [0.2, 0.25) is 0 Å². The Kier molecular flexibility index (Phi) is 6.64. The summed E-state index contributed by atoms with van der Waals surface area (Å²) in [7, 11) is 0. The summed E-state index contributed by atoms with van der Waals surface area (Å²) in [5.41, 5.74) is 0.813. The maximum Gasteiger partial charge on any atom is 0.262 e. The molecule has 7 nitrogen and oxygen atoms in total. The number of nitrogens with zero attached hydrogens (tertiary/aromatic N) is 2. The summed E-state index contributed by atoms with van der Waals surface area (Å²) in [4.78, 5) is 32.8. The highest BCUT2D eigenvalue weighted by Crippen LogP contribution is 2.37. The lowest BCUT2D eigenvalue weighted by molar-refractivity contribution is -0.145. The summed E-state index contributed by atoms with van der Waals surface area (Å²) in [6.07, 6.45) is 1.34. The highest BCUT2D eigenvalue weighted by Gasteiger charge is 2.32. The van der Waals surface area contributed by atoms with Crippen LogP contribution in [0.3, 0.4) is 0 Å². The van der Waals surface area contributed by atoms with Gasteiger partial charge in [-0.05, 0) is 33.8 Å². The first-order valence-corrected chi connectivity index (χ1v) is 10.4. The van der Waals surface area contributed by atoms with Crippen LogP contribution in [0.4, 0.5) is 0 Å². The van der Waals surface area contributed by atoms with Crippen molar-refractivity contribution in [3.8, 4) is 0 Å². The molecule has 0 unspecified atom stereocenters. The van der Waals surface area contributed by atoms with Crippen LogP contribution >= 0.6 is 11.3 Å². The fourth-order valence-electron chi connectivity index (χ4n) is 3.15. The van der Waals surface area contributed by atoms with Gasteiger partial charge in [0.25, 0.3) is 5.91 Å². The van der Waals surface area contributed by atoms with Crippen LogP contribution in [0.1, 0.15) is 49.0 Å². The third kappa shape index (κ3) is 4.68. The van der Waals surface area contributed by atoms with Crippen molar-refractivity contribution in [1.82, 2.24) is 15.2 Å². The van der Waals surface area contributed by atoms with Crippen molar-refractivity contribution in [2.75, 3.05) is 26.3 Å². The molecular formula is C20H27N3O4S. The molecule has 1 saturated heterocycles. The first-order valence-electron chi connectivity index (χ1n) is 9.56.